The number of aliphatic hydroxyl groups excluding tert-OH is 2. The number of ether oxygens (including phenoxy) is 4. The smallest absolute Gasteiger partial charge is 0.125 e. The van der Waals surface area contributed by atoms with Crippen molar-refractivity contribution < 1.29 is 29.2 Å². The molecule has 0 radical (unpaired) electrons. The minimum Gasteiger partial charge on any atom is -0.490 e. The van der Waals surface area contributed by atoms with Crippen LogP contribution < -0.4 is 9.47 Å². The third-order valence-electron chi connectivity index (χ3n) is 8.91. The second-order valence-corrected chi connectivity index (χ2v) is 13.3. The van der Waals surface area contributed by atoms with Crippen LogP contribution in [0.15, 0.2) is 72.8 Å². The maximum atomic E-state index is 9.62. The average molecular weight is 639 g/mol. The lowest BCUT2D eigenvalue weighted by Crippen LogP contribution is -2.29. The summed E-state index contributed by atoms with van der Waals surface area (Å²) in [6.45, 7) is 17.2. The van der Waals surface area contributed by atoms with Gasteiger partial charge in [-0.25, -0.2) is 0 Å². The van der Waals surface area contributed by atoms with E-state index < -0.39 is 17.6 Å². The highest BCUT2D eigenvalue weighted by Crippen LogP contribution is 2.57. The van der Waals surface area contributed by atoms with Crippen LogP contribution in [-0.2, 0) is 14.9 Å². The number of hydrogen-bond donors (Lipinski definition) is 2. The summed E-state index contributed by atoms with van der Waals surface area (Å²) in [6.07, 6.45) is -1.33. The van der Waals surface area contributed by atoms with Crippen LogP contribution >= 0.6 is 0 Å². The molecule has 5 rings (SSSR count). The van der Waals surface area contributed by atoms with Crippen LogP contribution in [0.25, 0.3) is 11.1 Å². The molecule has 6 heteroatoms. The summed E-state index contributed by atoms with van der Waals surface area (Å²) in [5.41, 5.74) is 11.0. The van der Waals surface area contributed by atoms with E-state index in [1.54, 1.807) is 13.8 Å². The third kappa shape index (κ3) is 7.12. The molecule has 0 aromatic heterocycles. The Kier molecular flexibility index (Phi) is 10.8. The molecule has 0 spiro atoms. The molecule has 250 valence electrons. The van der Waals surface area contributed by atoms with Crippen LogP contribution in [0.2, 0.25) is 0 Å². The molecule has 1 aliphatic carbocycles. The van der Waals surface area contributed by atoms with Gasteiger partial charge in [-0.1, -0.05) is 72.8 Å². The highest BCUT2D eigenvalue weighted by atomic mass is 16.5. The zero-order chi connectivity index (χ0) is 33.9. The lowest BCUT2D eigenvalue weighted by atomic mass is 9.66. The molecule has 4 aromatic carbocycles. The van der Waals surface area contributed by atoms with Gasteiger partial charge in [-0.3, -0.25) is 0 Å². The van der Waals surface area contributed by atoms with E-state index in [4.69, 9.17) is 18.9 Å². The fourth-order valence-corrected chi connectivity index (χ4v) is 6.92. The number of aryl methyl sites for hydroxylation is 4. The zero-order valence-electron chi connectivity index (χ0n) is 29.1. The van der Waals surface area contributed by atoms with Crippen molar-refractivity contribution in [3.8, 4) is 22.6 Å². The van der Waals surface area contributed by atoms with Crippen molar-refractivity contribution in [2.45, 2.75) is 85.2 Å². The van der Waals surface area contributed by atoms with Gasteiger partial charge in [-0.05, 0) is 111 Å². The standard InChI is InChI=1S/C41H50O6/c1-25-17-33(18-26(2)39(25)46-23-31(7)44-21-29(5)42)41(37-15-11-9-13-35(37)36-14-10-12-16-38(36)41)34-19-27(3)40(28(4)20-34)47-24-32(8)45-22-30(6)43/h9-20,29-32,42-43H,21-24H2,1-8H3. The summed E-state index contributed by atoms with van der Waals surface area (Å²) in [6, 6.07) is 26.6. The van der Waals surface area contributed by atoms with Gasteiger partial charge in [0.2, 0.25) is 0 Å². The van der Waals surface area contributed by atoms with Crippen molar-refractivity contribution in [1.29, 1.82) is 0 Å². The Labute approximate surface area is 280 Å². The summed E-state index contributed by atoms with van der Waals surface area (Å²) >= 11 is 0. The molecular weight excluding hydrogens is 588 g/mol. The molecule has 0 amide bonds. The highest BCUT2D eigenvalue weighted by Gasteiger charge is 2.46. The van der Waals surface area contributed by atoms with Crippen LogP contribution in [0.1, 0.15) is 72.2 Å². The Balaban J connectivity index is 1.60. The van der Waals surface area contributed by atoms with Gasteiger partial charge in [-0.2, -0.15) is 0 Å². The molecule has 0 saturated heterocycles. The maximum Gasteiger partial charge on any atom is 0.125 e. The Morgan fingerprint density at radius 2 is 0.872 bits per heavy atom. The quantitative estimate of drug-likeness (QED) is 0.130. The molecule has 4 unspecified atom stereocenters. The lowest BCUT2D eigenvalue weighted by Gasteiger charge is -2.35. The van der Waals surface area contributed by atoms with Gasteiger partial charge in [0.15, 0.2) is 0 Å². The Morgan fingerprint density at radius 1 is 0.532 bits per heavy atom. The Morgan fingerprint density at radius 3 is 1.21 bits per heavy atom. The van der Waals surface area contributed by atoms with Crippen LogP contribution in [0.4, 0.5) is 0 Å². The monoisotopic (exact) mass is 638 g/mol. The number of rotatable bonds is 14. The molecule has 0 fully saturated rings. The number of aliphatic hydroxyl groups is 2. The molecule has 0 saturated carbocycles. The normalized spacial score (nSPS) is 15.8. The van der Waals surface area contributed by atoms with E-state index >= 15 is 0 Å². The van der Waals surface area contributed by atoms with Crippen molar-refractivity contribution in [1.82, 2.24) is 0 Å². The van der Waals surface area contributed by atoms with Crippen LogP contribution in [-0.4, -0.2) is 61.1 Å². The van der Waals surface area contributed by atoms with E-state index in [1.807, 2.05) is 13.8 Å². The van der Waals surface area contributed by atoms with Gasteiger partial charge in [0.25, 0.3) is 0 Å². The first-order valence-electron chi connectivity index (χ1n) is 16.7. The molecule has 0 heterocycles. The van der Waals surface area contributed by atoms with Gasteiger partial charge < -0.3 is 29.2 Å². The lowest BCUT2D eigenvalue weighted by molar-refractivity contribution is -0.0133. The van der Waals surface area contributed by atoms with Crippen molar-refractivity contribution in [3.63, 3.8) is 0 Å². The van der Waals surface area contributed by atoms with E-state index in [2.05, 4.69) is 100 Å². The van der Waals surface area contributed by atoms with Gasteiger partial charge in [0.1, 0.15) is 24.7 Å². The van der Waals surface area contributed by atoms with Gasteiger partial charge >= 0.3 is 0 Å². The molecule has 4 aromatic rings. The molecule has 1 aliphatic rings. The summed E-state index contributed by atoms with van der Waals surface area (Å²) in [5, 5.41) is 19.2. The molecule has 47 heavy (non-hydrogen) atoms. The van der Waals surface area contributed by atoms with Crippen LogP contribution in [0.5, 0.6) is 11.5 Å². The first kappa shape index (κ1) is 34.6. The first-order valence-corrected chi connectivity index (χ1v) is 16.7. The van der Waals surface area contributed by atoms with Crippen molar-refractivity contribution >= 4 is 0 Å². The highest BCUT2D eigenvalue weighted by molar-refractivity contribution is 5.86. The molecule has 4 atom stereocenters. The Bertz CT molecular complexity index is 1520. The van der Waals surface area contributed by atoms with E-state index in [9.17, 15) is 10.2 Å². The summed E-state index contributed by atoms with van der Waals surface area (Å²) in [7, 11) is 0. The van der Waals surface area contributed by atoms with Crippen LogP contribution in [0, 0.1) is 27.7 Å². The van der Waals surface area contributed by atoms with Gasteiger partial charge in [-0.15, -0.1) is 0 Å². The van der Waals surface area contributed by atoms with Crippen LogP contribution in [0.3, 0.4) is 0 Å². The van der Waals surface area contributed by atoms with E-state index in [-0.39, 0.29) is 25.4 Å². The predicted octanol–water partition coefficient (Wildman–Crippen LogP) is 7.61. The summed E-state index contributed by atoms with van der Waals surface area (Å²) in [4.78, 5) is 0. The average Bonchev–Trinajstić information content (AvgIpc) is 3.33. The van der Waals surface area contributed by atoms with Gasteiger partial charge in [0, 0.05) is 0 Å². The van der Waals surface area contributed by atoms with Crippen molar-refractivity contribution in [2.24, 2.45) is 0 Å². The molecule has 2 N–H and O–H groups in total. The largest absolute Gasteiger partial charge is 0.490 e. The second-order valence-electron chi connectivity index (χ2n) is 13.3. The second kappa shape index (κ2) is 14.6. The number of benzene rings is 4. The minimum absolute atomic E-state index is 0.150. The van der Waals surface area contributed by atoms with Gasteiger partial charge in [0.05, 0.1) is 43.0 Å². The zero-order valence-corrected chi connectivity index (χ0v) is 29.1. The minimum atomic E-state index is -0.559. The fourth-order valence-electron chi connectivity index (χ4n) is 6.92. The molecule has 6 nitrogen and oxygen atoms in total. The predicted molar refractivity (Wildman–Crippen MR) is 188 cm³/mol. The molecule has 0 bridgehead atoms. The van der Waals surface area contributed by atoms with E-state index in [1.165, 1.54) is 33.4 Å². The Hall–Kier alpha value is -3.68. The van der Waals surface area contributed by atoms with Crippen molar-refractivity contribution in [3.05, 3.63) is 117 Å². The molecule has 0 aliphatic heterocycles. The van der Waals surface area contributed by atoms with E-state index in [0.29, 0.717) is 13.2 Å². The third-order valence-corrected chi connectivity index (χ3v) is 8.91. The fraction of sp³-hybridized carbons (Fsp3) is 0.415. The topological polar surface area (TPSA) is 77.4 Å². The molecular formula is C41H50O6. The number of fused-ring (bicyclic) bond motifs is 3. The van der Waals surface area contributed by atoms with Crippen molar-refractivity contribution in [2.75, 3.05) is 26.4 Å². The summed E-state index contributed by atoms with van der Waals surface area (Å²) < 4.78 is 24.2. The summed E-state index contributed by atoms with van der Waals surface area (Å²) in [5.74, 6) is 1.72. The maximum absolute atomic E-state index is 9.62. The first-order chi connectivity index (χ1) is 22.4. The SMILES string of the molecule is Cc1cc(C2(c3cc(C)c(OCC(C)OCC(C)O)c(C)c3)c3ccccc3-c3ccccc32)cc(C)c1OCC(C)OCC(C)O. The number of hydrogen-bond acceptors (Lipinski definition) is 6. The van der Waals surface area contributed by atoms with E-state index in [0.717, 1.165) is 33.8 Å².